The molecule has 194 valence electrons. The molecule has 10 N–H and O–H groups in total. The number of carbonyl (C=O) groups is 5. The SMILES string of the molecule is CC(O)C(NC(=O)C(Cc1ccc(O)cc1)NC(=O)C(CO)NC(=O)C(N)CCC(=O)O)C(=O)O. The van der Waals surface area contributed by atoms with E-state index in [1.165, 1.54) is 24.3 Å². The van der Waals surface area contributed by atoms with Gasteiger partial charge in [0, 0.05) is 12.8 Å². The van der Waals surface area contributed by atoms with Gasteiger partial charge in [-0.2, -0.15) is 0 Å². The lowest BCUT2D eigenvalue weighted by Gasteiger charge is -2.25. The van der Waals surface area contributed by atoms with E-state index >= 15 is 0 Å². The number of carboxylic acid groups (broad SMARTS) is 2. The molecule has 0 heterocycles. The molecule has 0 bridgehead atoms. The summed E-state index contributed by atoms with van der Waals surface area (Å²) in [6.45, 7) is 0.264. The zero-order chi connectivity index (χ0) is 26.7. The molecule has 1 aromatic rings. The maximum atomic E-state index is 12.8. The third-order valence-electron chi connectivity index (χ3n) is 4.88. The van der Waals surface area contributed by atoms with Crippen LogP contribution in [-0.2, 0) is 30.4 Å². The zero-order valence-corrected chi connectivity index (χ0v) is 18.9. The highest BCUT2D eigenvalue weighted by Gasteiger charge is 2.32. The van der Waals surface area contributed by atoms with Crippen molar-refractivity contribution >= 4 is 29.7 Å². The van der Waals surface area contributed by atoms with Crippen LogP contribution < -0.4 is 21.7 Å². The maximum Gasteiger partial charge on any atom is 0.328 e. The molecule has 3 amide bonds. The molecular formula is C21H30N4O10. The number of phenols is 1. The van der Waals surface area contributed by atoms with Gasteiger partial charge in [-0.25, -0.2) is 4.79 Å². The molecule has 14 heteroatoms. The van der Waals surface area contributed by atoms with E-state index in [-0.39, 0.29) is 18.6 Å². The number of rotatable bonds is 14. The number of carbonyl (C=O) groups excluding carboxylic acids is 3. The van der Waals surface area contributed by atoms with E-state index in [0.717, 1.165) is 6.92 Å². The van der Waals surface area contributed by atoms with Crippen molar-refractivity contribution in [2.24, 2.45) is 5.73 Å². The number of aromatic hydroxyl groups is 1. The molecule has 0 saturated carbocycles. The molecule has 0 aromatic heterocycles. The van der Waals surface area contributed by atoms with Gasteiger partial charge < -0.3 is 47.2 Å². The fraction of sp³-hybridized carbons (Fsp3) is 0.476. The van der Waals surface area contributed by atoms with Crippen LogP contribution in [0, 0.1) is 0 Å². The Bertz CT molecular complexity index is 906. The second-order valence-corrected chi connectivity index (χ2v) is 7.78. The van der Waals surface area contributed by atoms with Crippen LogP contribution in [0.15, 0.2) is 24.3 Å². The summed E-state index contributed by atoms with van der Waals surface area (Å²) in [6, 6.07) is -0.335. The predicted octanol–water partition coefficient (Wildman–Crippen LogP) is -2.96. The summed E-state index contributed by atoms with van der Waals surface area (Å²) < 4.78 is 0. The van der Waals surface area contributed by atoms with Crippen LogP contribution in [-0.4, -0.2) is 92.1 Å². The number of carboxylic acids is 2. The molecule has 35 heavy (non-hydrogen) atoms. The number of aliphatic carboxylic acids is 2. The average molecular weight is 498 g/mol. The highest BCUT2D eigenvalue weighted by Crippen LogP contribution is 2.12. The molecule has 0 aliphatic heterocycles. The van der Waals surface area contributed by atoms with Crippen molar-refractivity contribution in [1.82, 2.24) is 16.0 Å². The van der Waals surface area contributed by atoms with Crippen molar-refractivity contribution in [2.75, 3.05) is 6.61 Å². The van der Waals surface area contributed by atoms with E-state index in [1.54, 1.807) is 0 Å². The van der Waals surface area contributed by atoms with Crippen LogP contribution in [0.1, 0.15) is 25.3 Å². The van der Waals surface area contributed by atoms with Crippen molar-refractivity contribution in [3.8, 4) is 5.75 Å². The van der Waals surface area contributed by atoms with Crippen LogP contribution in [0.4, 0.5) is 0 Å². The number of amides is 3. The lowest BCUT2D eigenvalue weighted by molar-refractivity contribution is -0.145. The molecule has 0 aliphatic rings. The van der Waals surface area contributed by atoms with E-state index in [1.807, 2.05) is 0 Å². The molecule has 0 fully saturated rings. The van der Waals surface area contributed by atoms with Crippen LogP contribution >= 0.6 is 0 Å². The van der Waals surface area contributed by atoms with Gasteiger partial charge >= 0.3 is 11.9 Å². The molecule has 1 aromatic carbocycles. The summed E-state index contributed by atoms with van der Waals surface area (Å²) >= 11 is 0. The fourth-order valence-corrected chi connectivity index (χ4v) is 2.87. The van der Waals surface area contributed by atoms with Crippen molar-refractivity contribution in [3.63, 3.8) is 0 Å². The molecule has 5 unspecified atom stereocenters. The van der Waals surface area contributed by atoms with E-state index < -0.39 is 73.0 Å². The third-order valence-corrected chi connectivity index (χ3v) is 4.88. The number of hydrogen-bond acceptors (Lipinski definition) is 9. The van der Waals surface area contributed by atoms with E-state index in [0.29, 0.717) is 5.56 Å². The number of hydrogen-bond donors (Lipinski definition) is 9. The van der Waals surface area contributed by atoms with Gasteiger partial charge in [0.1, 0.15) is 17.8 Å². The summed E-state index contributed by atoms with van der Waals surface area (Å²) in [5.74, 6) is -5.63. The Labute approximate surface area is 200 Å². The van der Waals surface area contributed by atoms with E-state index in [4.69, 9.17) is 10.8 Å². The lowest BCUT2D eigenvalue weighted by atomic mass is 10.0. The summed E-state index contributed by atoms with van der Waals surface area (Å²) in [6.07, 6.45) is -2.25. The molecule has 0 radical (unpaired) electrons. The van der Waals surface area contributed by atoms with Crippen LogP contribution in [0.3, 0.4) is 0 Å². The van der Waals surface area contributed by atoms with Gasteiger partial charge in [0.2, 0.25) is 17.7 Å². The van der Waals surface area contributed by atoms with Crippen molar-refractivity contribution < 1.29 is 49.5 Å². The number of aliphatic hydroxyl groups is 2. The molecule has 14 nitrogen and oxygen atoms in total. The minimum absolute atomic E-state index is 0.0545. The van der Waals surface area contributed by atoms with Crippen LogP contribution in [0.25, 0.3) is 0 Å². The quantitative estimate of drug-likeness (QED) is 0.125. The predicted molar refractivity (Wildman–Crippen MR) is 119 cm³/mol. The Hall–Kier alpha value is -3.75. The highest BCUT2D eigenvalue weighted by molar-refractivity contribution is 5.94. The third kappa shape index (κ3) is 9.95. The molecule has 0 aliphatic carbocycles. The maximum absolute atomic E-state index is 12.8. The number of nitrogens with one attached hydrogen (secondary N) is 3. The molecular weight excluding hydrogens is 468 g/mol. The first-order valence-corrected chi connectivity index (χ1v) is 10.5. The van der Waals surface area contributed by atoms with Gasteiger partial charge in [0.25, 0.3) is 0 Å². The summed E-state index contributed by atoms with van der Waals surface area (Å²) in [5.41, 5.74) is 6.06. The van der Waals surface area contributed by atoms with Gasteiger partial charge in [-0.1, -0.05) is 12.1 Å². The smallest absolute Gasteiger partial charge is 0.328 e. The molecule has 0 spiro atoms. The van der Waals surface area contributed by atoms with Gasteiger partial charge in [-0.05, 0) is 31.0 Å². The van der Waals surface area contributed by atoms with Crippen molar-refractivity contribution in [1.29, 1.82) is 0 Å². The second kappa shape index (κ2) is 13.8. The summed E-state index contributed by atoms with van der Waals surface area (Å²) in [5, 5.41) is 53.1. The minimum atomic E-state index is -1.68. The Kier molecular flexibility index (Phi) is 11.6. The monoisotopic (exact) mass is 498 g/mol. The Morgan fingerprint density at radius 1 is 0.914 bits per heavy atom. The minimum Gasteiger partial charge on any atom is -0.508 e. The second-order valence-electron chi connectivity index (χ2n) is 7.78. The number of benzene rings is 1. The van der Waals surface area contributed by atoms with Crippen molar-refractivity contribution in [3.05, 3.63) is 29.8 Å². The number of aliphatic hydroxyl groups excluding tert-OH is 2. The normalized spacial score (nSPS) is 15.1. The topological polar surface area (TPSA) is 249 Å². The molecule has 0 saturated heterocycles. The summed E-state index contributed by atoms with van der Waals surface area (Å²) in [4.78, 5) is 59.6. The lowest BCUT2D eigenvalue weighted by Crippen LogP contribution is -2.59. The van der Waals surface area contributed by atoms with Crippen LogP contribution in [0.2, 0.25) is 0 Å². The Morgan fingerprint density at radius 2 is 1.46 bits per heavy atom. The summed E-state index contributed by atoms with van der Waals surface area (Å²) in [7, 11) is 0. The Morgan fingerprint density at radius 3 is 1.94 bits per heavy atom. The Balaban J connectivity index is 3.01. The molecule has 1 rings (SSSR count). The van der Waals surface area contributed by atoms with Gasteiger partial charge in [-0.3, -0.25) is 19.2 Å². The first kappa shape index (κ1) is 29.3. The van der Waals surface area contributed by atoms with Gasteiger partial charge in [0.15, 0.2) is 6.04 Å². The van der Waals surface area contributed by atoms with Crippen LogP contribution in [0.5, 0.6) is 5.75 Å². The first-order chi connectivity index (χ1) is 16.3. The average Bonchev–Trinajstić information content (AvgIpc) is 2.79. The number of phenolic OH excluding ortho intramolecular Hbond substituents is 1. The van der Waals surface area contributed by atoms with Crippen molar-refractivity contribution in [2.45, 2.75) is 56.5 Å². The fourth-order valence-electron chi connectivity index (χ4n) is 2.87. The first-order valence-electron chi connectivity index (χ1n) is 10.5. The number of nitrogens with two attached hydrogens (primary N) is 1. The van der Waals surface area contributed by atoms with Gasteiger partial charge in [-0.15, -0.1) is 0 Å². The highest BCUT2D eigenvalue weighted by atomic mass is 16.4. The zero-order valence-electron chi connectivity index (χ0n) is 18.9. The molecule has 5 atom stereocenters. The standard InChI is InChI=1S/C21H30N4O10/c1-10(27)17(21(34)35)25-19(32)14(8-11-2-4-12(28)5-3-11)23-20(33)15(9-26)24-18(31)13(22)6-7-16(29)30/h2-5,10,13-15,17,26-28H,6-9,22H2,1H3,(H,23,33)(H,24,31)(H,25,32)(H,29,30)(H,34,35). The van der Waals surface area contributed by atoms with E-state index in [2.05, 4.69) is 16.0 Å². The van der Waals surface area contributed by atoms with E-state index in [9.17, 15) is 44.4 Å². The largest absolute Gasteiger partial charge is 0.508 e. The van der Waals surface area contributed by atoms with Gasteiger partial charge in [0.05, 0.1) is 18.8 Å².